The van der Waals surface area contributed by atoms with Gasteiger partial charge >= 0.3 is 5.97 Å². The molecule has 0 unspecified atom stereocenters. The number of Topliss-reactive ketones (excluding diaryl/α,β-unsaturated/α-hetero) is 1. The van der Waals surface area contributed by atoms with E-state index < -0.39 is 17.5 Å². The molecule has 7 nitrogen and oxygen atoms in total. The molecule has 0 aliphatic carbocycles. The molecular formula is C19H15ClN2O5. The minimum absolute atomic E-state index is 0.0396. The van der Waals surface area contributed by atoms with Crippen molar-refractivity contribution in [1.82, 2.24) is 4.98 Å². The SMILES string of the molecule is CCc1cccc2c(C(=O)COC(=O)c3ccc([N+](=O)[O-])cc3Cl)c[nH]c12. The highest BCUT2D eigenvalue weighted by atomic mass is 35.5. The lowest BCUT2D eigenvalue weighted by atomic mass is 10.1. The van der Waals surface area contributed by atoms with E-state index in [-0.39, 0.29) is 22.1 Å². The smallest absolute Gasteiger partial charge is 0.340 e. The standard InChI is InChI=1S/C19H15ClN2O5/c1-2-11-4-3-5-13-15(9-21-18(11)13)17(23)10-27-19(24)14-7-6-12(22(25)26)8-16(14)20/h3-9,21H,2,10H2,1H3. The number of benzene rings is 2. The van der Waals surface area contributed by atoms with Gasteiger partial charge in [0.15, 0.2) is 6.61 Å². The van der Waals surface area contributed by atoms with Gasteiger partial charge in [-0.1, -0.05) is 36.7 Å². The number of para-hydroxylation sites is 1. The van der Waals surface area contributed by atoms with E-state index in [2.05, 4.69) is 4.98 Å². The lowest BCUT2D eigenvalue weighted by Crippen LogP contribution is -2.14. The molecule has 0 bridgehead atoms. The largest absolute Gasteiger partial charge is 0.454 e. The maximum atomic E-state index is 12.5. The normalized spacial score (nSPS) is 10.7. The zero-order chi connectivity index (χ0) is 19.6. The Morgan fingerprint density at radius 1 is 1.22 bits per heavy atom. The summed E-state index contributed by atoms with van der Waals surface area (Å²) in [6.45, 7) is 1.56. The van der Waals surface area contributed by atoms with Crippen molar-refractivity contribution in [3.05, 3.63) is 74.4 Å². The number of aryl methyl sites for hydroxylation is 1. The van der Waals surface area contributed by atoms with Crippen molar-refractivity contribution in [2.45, 2.75) is 13.3 Å². The van der Waals surface area contributed by atoms with E-state index in [1.165, 1.54) is 6.07 Å². The lowest BCUT2D eigenvalue weighted by Gasteiger charge is -2.06. The summed E-state index contributed by atoms with van der Waals surface area (Å²) in [4.78, 5) is 37.8. The number of nitro groups is 1. The summed E-state index contributed by atoms with van der Waals surface area (Å²) in [5.41, 5.74) is 2.12. The molecule has 1 heterocycles. The van der Waals surface area contributed by atoms with Crippen LogP contribution in [0.15, 0.2) is 42.6 Å². The number of rotatable bonds is 6. The quantitative estimate of drug-likeness (QED) is 0.294. The Bertz CT molecular complexity index is 1060. The minimum atomic E-state index is -0.822. The number of nitrogens with one attached hydrogen (secondary N) is 1. The van der Waals surface area contributed by atoms with Crippen molar-refractivity contribution < 1.29 is 19.2 Å². The predicted octanol–water partition coefficient (Wildman–Crippen LogP) is 4.33. The van der Waals surface area contributed by atoms with Crippen LogP contribution in [0.2, 0.25) is 5.02 Å². The summed E-state index contributed by atoms with van der Waals surface area (Å²) in [6.07, 6.45) is 2.41. The second-order valence-electron chi connectivity index (χ2n) is 5.82. The highest BCUT2D eigenvalue weighted by Gasteiger charge is 2.19. The number of nitro benzene ring substituents is 1. The van der Waals surface area contributed by atoms with Crippen molar-refractivity contribution in [1.29, 1.82) is 0 Å². The van der Waals surface area contributed by atoms with Gasteiger partial charge in [0, 0.05) is 34.8 Å². The van der Waals surface area contributed by atoms with Crippen LogP contribution in [0.1, 0.15) is 33.2 Å². The van der Waals surface area contributed by atoms with Crippen LogP contribution in [0, 0.1) is 10.1 Å². The van der Waals surface area contributed by atoms with E-state index in [0.29, 0.717) is 5.56 Å². The third kappa shape index (κ3) is 3.68. The van der Waals surface area contributed by atoms with Gasteiger partial charge in [-0.15, -0.1) is 0 Å². The van der Waals surface area contributed by atoms with E-state index >= 15 is 0 Å². The summed E-state index contributed by atoms with van der Waals surface area (Å²) in [5.74, 6) is -1.18. The van der Waals surface area contributed by atoms with Crippen LogP contribution in [0.5, 0.6) is 0 Å². The van der Waals surface area contributed by atoms with Gasteiger partial charge in [-0.2, -0.15) is 0 Å². The molecule has 0 saturated carbocycles. The first-order chi connectivity index (χ1) is 12.9. The first-order valence-corrected chi connectivity index (χ1v) is 8.53. The van der Waals surface area contributed by atoms with Crippen molar-refractivity contribution in [3.63, 3.8) is 0 Å². The molecule has 0 amide bonds. The lowest BCUT2D eigenvalue weighted by molar-refractivity contribution is -0.384. The number of hydrogen-bond donors (Lipinski definition) is 1. The molecule has 3 aromatic rings. The van der Waals surface area contributed by atoms with Crippen molar-refractivity contribution in [2.24, 2.45) is 0 Å². The molecule has 3 rings (SSSR count). The number of esters is 1. The number of hydrogen-bond acceptors (Lipinski definition) is 5. The maximum absolute atomic E-state index is 12.5. The van der Waals surface area contributed by atoms with Crippen LogP contribution in [-0.2, 0) is 11.2 Å². The number of carbonyl (C=O) groups excluding carboxylic acids is 2. The minimum Gasteiger partial charge on any atom is -0.454 e. The highest BCUT2D eigenvalue weighted by Crippen LogP contribution is 2.24. The average molecular weight is 387 g/mol. The summed E-state index contributed by atoms with van der Waals surface area (Å²) in [7, 11) is 0. The van der Waals surface area contributed by atoms with Crippen LogP contribution in [0.25, 0.3) is 10.9 Å². The molecule has 2 aromatic carbocycles. The van der Waals surface area contributed by atoms with Gasteiger partial charge in [-0.05, 0) is 18.1 Å². The van der Waals surface area contributed by atoms with Gasteiger partial charge < -0.3 is 9.72 Å². The van der Waals surface area contributed by atoms with Gasteiger partial charge in [0.1, 0.15) is 0 Å². The molecule has 0 fully saturated rings. The zero-order valence-electron chi connectivity index (χ0n) is 14.3. The Labute approximate surface area is 159 Å². The van der Waals surface area contributed by atoms with E-state index in [9.17, 15) is 19.7 Å². The molecule has 1 N–H and O–H groups in total. The Balaban J connectivity index is 1.74. The van der Waals surface area contributed by atoms with Gasteiger partial charge in [-0.25, -0.2) is 4.79 Å². The van der Waals surface area contributed by atoms with Gasteiger partial charge in [-0.3, -0.25) is 14.9 Å². The number of non-ortho nitro benzene ring substituents is 1. The fourth-order valence-electron chi connectivity index (χ4n) is 2.81. The Kier molecular flexibility index (Phi) is 5.23. The van der Waals surface area contributed by atoms with E-state index in [4.69, 9.17) is 16.3 Å². The Hall–Kier alpha value is -3.19. The number of halogens is 1. The second kappa shape index (κ2) is 7.59. The summed E-state index contributed by atoms with van der Waals surface area (Å²) >= 11 is 5.90. The Morgan fingerprint density at radius 2 is 2.00 bits per heavy atom. The number of aromatic amines is 1. The molecular weight excluding hydrogens is 372 g/mol. The molecule has 8 heteroatoms. The summed E-state index contributed by atoms with van der Waals surface area (Å²) < 4.78 is 5.04. The number of nitrogens with zero attached hydrogens (tertiary/aromatic N) is 1. The van der Waals surface area contributed by atoms with Gasteiger partial charge in [0.05, 0.1) is 15.5 Å². The first-order valence-electron chi connectivity index (χ1n) is 8.15. The second-order valence-corrected chi connectivity index (χ2v) is 6.22. The molecule has 27 heavy (non-hydrogen) atoms. The van der Waals surface area contributed by atoms with Crippen molar-refractivity contribution in [2.75, 3.05) is 6.61 Å². The number of fused-ring (bicyclic) bond motifs is 1. The van der Waals surface area contributed by atoms with E-state index in [0.717, 1.165) is 35.0 Å². The first kappa shape index (κ1) is 18.6. The summed E-state index contributed by atoms with van der Waals surface area (Å²) in [6, 6.07) is 9.08. The van der Waals surface area contributed by atoms with Crippen LogP contribution >= 0.6 is 11.6 Å². The Morgan fingerprint density at radius 3 is 2.67 bits per heavy atom. The fourth-order valence-corrected chi connectivity index (χ4v) is 3.06. The molecule has 0 atom stereocenters. The fraction of sp³-hybridized carbons (Fsp3) is 0.158. The topological polar surface area (TPSA) is 102 Å². The van der Waals surface area contributed by atoms with Crippen LogP contribution in [0.3, 0.4) is 0 Å². The number of ether oxygens (including phenoxy) is 1. The van der Waals surface area contributed by atoms with Gasteiger partial charge in [0.25, 0.3) is 5.69 Å². The number of carbonyl (C=O) groups is 2. The molecule has 0 radical (unpaired) electrons. The molecule has 138 valence electrons. The predicted molar refractivity (Wildman–Crippen MR) is 100 cm³/mol. The van der Waals surface area contributed by atoms with Gasteiger partial charge in [0.2, 0.25) is 5.78 Å². The van der Waals surface area contributed by atoms with Crippen LogP contribution in [0.4, 0.5) is 5.69 Å². The molecule has 1 aromatic heterocycles. The monoisotopic (exact) mass is 386 g/mol. The van der Waals surface area contributed by atoms with E-state index in [1.807, 2.05) is 25.1 Å². The number of H-pyrrole nitrogens is 1. The third-order valence-electron chi connectivity index (χ3n) is 4.20. The molecule has 0 spiro atoms. The molecule has 0 aliphatic heterocycles. The maximum Gasteiger partial charge on any atom is 0.340 e. The highest BCUT2D eigenvalue weighted by molar-refractivity contribution is 6.33. The summed E-state index contributed by atoms with van der Waals surface area (Å²) in [5, 5.41) is 11.4. The van der Waals surface area contributed by atoms with Crippen molar-refractivity contribution >= 4 is 39.9 Å². The van der Waals surface area contributed by atoms with Crippen molar-refractivity contribution in [3.8, 4) is 0 Å². The number of aromatic nitrogens is 1. The average Bonchev–Trinajstić information content (AvgIpc) is 3.09. The molecule has 0 saturated heterocycles. The third-order valence-corrected chi connectivity index (χ3v) is 4.51. The van der Waals surface area contributed by atoms with Crippen LogP contribution in [-0.4, -0.2) is 28.3 Å². The zero-order valence-corrected chi connectivity index (χ0v) is 15.1. The van der Waals surface area contributed by atoms with Crippen LogP contribution < -0.4 is 0 Å². The van der Waals surface area contributed by atoms with E-state index in [1.54, 1.807) is 6.20 Å². The molecule has 0 aliphatic rings. The number of ketones is 1.